The van der Waals surface area contributed by atoms with Crippen LogP contribution in [0.5, 0.6) is 0 Å². The SMILES string of the molecule is CCOC(=O)C/C=C/C=C(c1ccc(F)cc1)c1ccc(F)cc1. The van der Waals surface area contributed by atoms with E-state index in [9.17, 15) is 13.6 Å². The number of hydrogen-bond acceptors (Lipinski definition) is 2. The molecule has 0 heterocycles. The summed E-state index contributed by atoms with van der Waals surface area (Å²) in [6, 6.07) is 12.1. The van der Waals surface area contributed by atoms with E-state index in [0.29, 0.717) is 6.61 Å². The molecule has 0 amide bonds. The number of ether oxygens (including phenoxy) is 1. The fourth-order valence-corrected chi connectivity index (χ4v) is 2.17. The maximum Gasteiger partial charge on any atom is 0.309 e. The molecule has 24 heavy (non-hydrogen) atoms. The van der Waals surface area contributed by atoms with Crippen molar-refractivity contribution in [2.24, 2.45) is 0 Å². The quantitative estimate of drug-likeness (QED) is 0.556. The van der Waals surface area contributed by atoms with Crippen molar-refractivity contribution in [1.82, 2.24) is 0 Å². The normalized spacial score (nSPS) is 10.6. The van der Waals surface area contributed by atoms with Crippen molar-refractivity contribution in [1.29, 1.82) is 0 Å². The third-order valence-corrected chi connectivity index (χ3v) is 3.30. The highest BCUT2D eigenvalue weighted by atomic mass is 19.1. The third kappa shape index (κ3) is 5.16. The van der Waals surface area contributed by atoms with E-state index >= 15 is 0 Å². The smallest absolute Gasteiger partial charge is 0.309 e. The Balaban J connectivity index is 2.27. The molecule has 2 nitrogen and oxygen atoms in total. The minimum absolute atomic E-state index is 0.171. The van der Waals surface area contributed by atoms with Crippen LogP contribution in [0, 0.1) is 11.6 Å². The van der Waals surface area contributed by atoms with Crippen LogP contribution in [0.15, 0.2) is 66.8 Å². The van der Waals surface area contributed by atoms with Gasteiger partial charge in [0.1, 0.15) is 11.6 Å². The first-order chi connectivity index (χ1) is 11.6. The minimum atomic E-state index is -0.324. The number of carbonyl (C=O) groups excluding carboxylic acids is 1. The molecule has 0 bridgehead atoms. The first-order valence-electron chi connectivity index (χ1n) is 7.64. The van der Waals surface area contributed by atoms with E-state index in [1.807, 2.05) is 0 Å². The molecule has 0 spiro atoms. The van der Waals surface area contributed by atoms with Crippen LogP contribution in [0.4, 0.5) is 8.78 Å². The van der Waals surface area contributed by atoms with E-state index in [1.165, 1.54) is 24.3 Å². The summed E-state index contributed by atoms with van der Waals surface area (Å²) in [5.41, 5.74) is 2.39. The van der Waals surface area contributed by atoms with Gasteiger partial charge in [0.25, 0.3) is 0 Å². The summed E-state index contributed by atoms with van der Waals surface area (Å²) in [5, 5.41) is 0. The Bertz CT molecular complexity index is 682. The van der Waals surface area contributed by atoms with Gasteiger partial charge in [0.05, 0.1) is 13.0 Å². The summed E-state index contributed by atoms with van der Waals surface area (Å²) in [7, 11) is 0. The highest BCUT2D eigenvalue weighted by Crippen LogP contribution is 2.24. The monoisotopic (exact) mass is 328 g/mol. The highest BCUT2D eigenvalue weighted by molar-refractivity contribution is 5.81. The van der Waals surface area contributed by atoms with E-state index in [2.05, 4.69) is 0 Å². The molecule has 0 radical (unpaired) electrons. The molecule has 4 heteroatoms. The van der Waals surface area contributed by atoms with Gasteiger partial charge in [-0.3, -0.25) is 4.79 Å². The van der Waals surface area contributed by atoms with Gasteiger partial charge in [-0.15, -0.1) is 0 Å². The van der Waals surface area contributed by atoms with Gasteiger partial charge in [-0.1, -0.05) is 42.5 Å². The molecule has 0 unspecified atom stereocenters. The van der Waals surface area contributed by atoms with E-state index in [4.69, 9.17) is 4.74 Å². The Morgan fingerprint density at radius 3 is 1.92 bits per heavy atom. The lowest BCUT2D eigenvalue weighted by Gasteiger charge is -2.08. The van der Waals surface area contributed by atoms with Gasteiger partial charge in [0.2, 0.25) is 0 Å². The number of rotatable bonds is 6. The standard InChI is InChI=1S/C20H18F2O2/c1-2-24-20(23)6-4-3-5-19(15-7-11-17(21)12-8-15)16-9-13-18(22)14-10-16/h3-5,7-14H,2,6H2,1H3/b4-3+. The van der Waals surface area contributed by atoms with Crippen LogP contribution in [0.1, 0.15) is 24.5 Å². The van der Waals surface area contributed by atoms with Crippen molar-refractivity contribution >= 4 is 11.5 Å². The largest absolute Gasteiger partial charge is 0.466 e. The molecule has 0 fully saturated rings. The fraction of sp³-hybridized carbons (Fsp3) is 0.150. The second-order valence-electron chi connectivity index (χ2n) is 5.03. The maximum atomic E-state index is 13.1. The zero-order chi connectivity index (χ0) is 17.4. The van der Waals surface area contributed by atoms with Crippen LogP contribution in [0.2, 0.25) is 0 Å². The zero-order valence-electron chi connectivity index (χ0n) is 13.3. The molecule has 0 atom stereocenters. The van der Waals surface area contributed by atoms with Crippen molar-refractivity contribution in [3.05, 3.63) is 89.5 Å². The van der Waals surface area contributed by atoms with E-state index in [-0.39, 0.29) is 24.0 Å². The molecule has 124 valence electrons. The second kappa shape index (κ2) is 8.77. The Morgan fingerprint density at radius 1 is 0.958 bits per heavy atom. The fourth-order valence-electron chi connectivity index (χ4n) is 2.17. The molecule has 0 aliphatic carbocycles. The third-order valence-electron chi connectivity index (χ3n) is 3.30. The topological polar surface area (TPSA) is 26.3 Å². The van der Waals surface area contributed by atoms with E-state index in [0.717, 1.165) is 16.7 Å². The average Bonchev–Trinajstić information content (AvgIpc) is 2.57. The molecule has 0 aliphatic rings. The predicted octanol–water partition coefficient (Wildman–Crippen LogP) is 4.91. The van der Waals surface area contributed by atoms with Crippen molar-refractivity contribution in [3.8, 4) is 0 Å². The Hall–Kier alpha value is -2.75. The highest BCUT2D eigenvalue weighted by Gasteiger charge is 2.05. The molecule has 0 saturated carbocycles. The number of benzene rings is 2. The number of hydrogen-bond donors (Lipinski definition) is 0. The van der Waals surface area contributed by atoms with Crippen molar-refractivity contribution in [2.45, 2.75) is 13.3 Å². The molecule has 0 saturated heterocycles. The number of carbonyl (C=O) groups is 1. The lowest BCUT2D eigenvalue weighted by atomic mass is 9.97. The van der Waals surface area contributed by atoms with E-state index in [1.54, 1.807) is 49.4 Å². The Morgan fingerprint density at radius 2 is 1.46 bits per heavy atom. The Kier molecular flexibility index (Phi) is 6.43. The lowest BCUT2D eigenvalue weighted by molar-refractivity contribution is -0.142. The van der Waals surface area contributed by atoms with Crippen LogP contribution in [-0.4, -0.2) is 12.6 Å². The van der Waals surface area contributed by atoms with Crippen molar-refractivity contribution < 1.29 is 18.3 Å². The molecular weight excluding hydrogens is 310 g/mol. The minimum Gasteiger partial charge on any atom is -0.466 e. The molecule has 2 aromatic rings. The Labute approximate surface area is 140 Å². The molecule has 0 aromatic heterocycles. The summed E-state index contributed by atoms with van der Waals surface area (Å²) in [6.07, 6.45) is 5.40. The van der Waals surface area contributed by atoms with Crippen LogP contribution in [0.3, 0.4) is 0 Å². The molecular formula is C20H18F2O2. The average molecular weight is 328 g/mol. The van der Waals surface area contributed by atoms with Gasteiger partial charge in [0.15, 0.2) is 0 Å². The first-order valence-corrected chi connectivity index (χ1v) is 7.64. The van der Waals surface area contributed by atoms with Crippen molar-refractivity contribution in [3.63, 3.8) is 0 Å². The van der Waals surface area contributed by atoms with Crippen molar-refractivity contribution in [2.75, 3.05) is 6.61 Å². The second-order valence-corrected chi connectivity index (χ2v) is 5.03. The molecule has 2 aromatic carbocycles. The molecule has 2 rings (SSSR count). The molecule has 0 N–H and O–H groups in total. The number of halogens is 2. The lowest BCUT2D eigenvalue weighted by Crippen LogP contribution is -2.01. The summed E-state index contributed by atoms with van der Waals surface area (Å²) in [4.78, 5) is 11.3. The maximum absolute atomic E-state index is 13.1. The zero-order valence-corrected chi connectivity index (χ0v) is 13.3. The summed E-state index contributed by atoms with van der Waals surface area (Å²) < 4.78 is 31.1. The van der Waals surface area contributed by atoms with Gasteiger partial charge in [-0.2, -0.15) is 0 Å². The number of allylic oxidation sites excluding steroid dienone is 2. The van der Waals surface area contributed by atoms with Crippen LogP contribution >= 0.6 is 0 Å². The first kappa shape index (κ1) is 17.6. The van der Waals surface area contributed by atoms with Gasteiger partial charge in [-0.05, 0) is 47.9 Å². The summed E-state index contributed by atoms with van der Waals surface area (Å²) in [5.74, 6) is -0.947. The summed E-state index contributed by atoms with van der Waals surface area (Å²) >= 11 is 0. The predicted molar refractivity (Wildman–Crippen MR) is 90.3 cm³/mol. The van der Waals surface area contributed by atoms with Gasteiger partial charge >= 0.3 is 5.97 Å². The number of esters is 1. The summed E-state index contributed by atoms with van der Waals surface area (Å²) in [6.45, 7) is 2.10. The van der Waals surface area contributed by atoms with Crippen LogP contribution in [0.25, 0.3) is 5.57 Å². The van der Waals surface area contributed by atoms with Gasteiger partial charge in [0, 0.05) is 0 Å². The van der Waals surface area contributed by atoms with E-state index < -0.39 is 0 Å². The van der Waals surface area contributed by atoms with Crippen LogP contribution < -0.4 is 0 Å². The van der Waals surface area contributed by atoms with Crippen LogP contribution in [-0.2, 0) is 9.53 Å². The molecule has 0 aliphatic heterocycles. The van der Waals surface area contributed by atoms with Gasteiger partial charge in [-0.25, -0.2) is 8.78 Å². The van der Waals surface area contributed by atoms with Gasteiger partial charge < -0.3 is 4.74 Å².